The van der Waals surface area contributed by atoms with Crippen molar-refractivity contribution >= 4 is 34.0 Å². The summed E-state index contributed by atoms with van der Waals surface area (Å²) in [7, 11) is 0. The lowest BCUT2D eigenvalue weighted by molar-refractivity contribution is -0.119. The lowest BCUT2D eigenvalue weighted by Crippen LogP contribution is -2.21. The number of hydrogen-bond acceptors (Lipinski definition) is 6. The molecule has 0 radical (unpaired) electrons. The van der Waals surface area contributed by atoms with Gasteiger partial charge in [-0.3, -0.25) is 4.79 Å². The van der Waals surface area contributed by atoms with Crippen LogP contribution in [0.25, 0.3) is 0 Å². The van der Waals surface area contributed by atoms with Gasteiger partial charge >= 0.3 is 5.97 Å². The maximum atomic E-state index is 12.1. The molecule has 3 rings (SSSR count). The maximum absolute atomic E-state index is 12.1. The average molecular weight is 410 g/mol. The molecule has 150 valence electrons. The molecule has 6 nitrogen and oxygen atoms in total. The van der Waals surface area contributed by atoms with Crippen molar-refractivity contribution in [3.63, 3.8) is 0 Å². The second-order valence-corrected chi connectivity index (χ2v) is 7.64. The van der Waals surface area contributed by atoms with Crippen molar-refractivity contribution in [2.45, 2.75) is 26.3 Å². The summed E-state index contributed by atoms with van der Waals surface area (Å²) in [4.78, 5) is 28.4. The Hall–Kier alpha value is -3.19. The van der Waals surface area contributed by atoms with Gasteiger partial charge in [0.2, 0.25) is 0 Å². The number of esters is 1. The third-order valence-electron chi connectivity index (χ3n) is 4.20. The monoisotopic (exact) mass is 409 g/mol. The summed E-state index contributed by atoms with van der Waals surface area (Å²) >= 11 is 1.31. The fourth-order valence-corrected chi connectivity index (χ4v) is 3.25. The molecule has 7 heteroatoms. The van der Waals surface area contributed by atoms with E-state index in [1.54, 1.807) is 5.38 Å². The Kier molecular flexibility index (Phi) is 6.97. The SMILES string of the molecule is CC(C)c1ccc(NC(=O)COC(=O)c2csc(NCc3ccccc3)n2)cc1. The zero-order valence-corrected chi connectivity index (χ0v) is 17.2. The van der Waals surface area contributed by atoms with Crippen molar-refractivity contribution in [3.05, 3.63) is 76.8 Å². The minimum absolute atomic E-state index is 0.180. The molecule has 2 N–H and O–H groups in total. The molecule has 0 bridgehead atoms. The van der Waals surface area contributed by atoms with Gasteiger partial charge in [-0.2, -0.15) is 0 Å². The third kappa shape index (κ3) is 6.15. The Balaban J connectivity index is 1.45. The molecule has 0 aliphatic heterocycles. The van der Waals surface area contributed by atoms with Crippen LogP contribution in [0, 0.1) is 0 Å². The van der Waals surface area contributed by atoms with E-state index in [9.17, 15) is 9.59 Å². The summed E-state index contributed by atoms with van der Waals surface area (Å²) in [5.41, 5.74) is 3.15. The van der Waals surface area contributed by atoms with Crippen LogP contribution in [-0.2, 0) is 16.1 Å². The molecule has 0 unspecified atom stereocenters. The fourth-order valence-electron chi connectivity index (χ4n) is 2.58. The number of thiazole rings is 1. The van der Waals surface area contributed by atoms with E-state index in [0.29, 0.717) is 23.3 Å². The smallest absolute Gasteiger partial charge is 0.358 e. The quantitative estimate of drug-likeness (QED) is 0.528. The van der Waals surface area contributed by atoms with E-state index in [1.165, 1.54) is 16.9 Å². The molecule has 0 saturated heterocycles. The van der Waals surface area contributed by atoms with Crippen molar-refractivity contribution in [1.29, 1.82) is 0 Å². The first-order valence-electron chi connectivity index (χ1n) is 9.31. The summed E-state index contributed by atoms with van der Waals surface area (Å²) < 4.78 is 5.07. The number of nitrogens with zero attached hydrogens (tertiary/aromatic N) is 1. The Morgan fingerprint density at radius 3 is 2.48 bits per heavy atom. The summed E-state index contributed by atoms with van der Waals surface area (Å²) in [6.45, 7) is 4.46. The van der Waals surface area contributed by atoms with Crippen LogP contribution in [0.1, 0.15) is 41.4 Å². The number of rotatable bonds is 8. The summed E-state index contributed by atoms with van der Waals surface area (Å²) in [6.07, 6.45) is 0. The van der Waals surface area contributed by atoms with Gasteiger partial charge in [0.05, 0.1) is 0 Å². The minimum atomic E-state index is -0.626. The van der Waals surface area contributed by atoms with Crippen molar-refractivity contribution in [3.8, 4) is 0 Å². The first-order valence-corrected chi connectivity index (χ1v) is 10.2. The van der Waals surface area contributed by atoms with Gasteiger partial charge in [-0.15, -0.1) is 11.3 Å². The van der Waals surface area contributed by atoms with E-state index in [4.69, 9.17) is 4.74 Å². The molecule has 0 fully saturated rings. The Morgan fingerprint density at radius 2 is 1.79 bits per heavy atom. The van der Waals surface area contributed by atoms with Crippen LogP contribution in [0.15, 0.2) is 60.0 Å². The predicted molar refractivity (Wildman–Crippen MR) is 115 cm³/mol. The van der Waals surface area contributed by atoms with E-state index >= 15 is 0 Å². The summed E-state index contributed by atoms with van der Waals surface area (Å²) in [5, 5.41) is 8.11. The van der Waals surface area contributed by atoms with Gasteiger partial charge in [-0.05, 0) is 29.2 Å². The third-order valence-corrected chi connectivity index (χ3v) is 5.00. The van der Waals surface area contributed by atoms with Crippen molar-refractivity contribution < 1.29 is 14.3 Å². The van der Waals surface area contributed by atoms with Crippen molar-refractivity contribution in [2.75, 3.05) is 17.2 Å². The lowest BCUT2D eigenvalue weighted by Gasteiger charge is -2.08. The van der Waals surface area contributed by atoms with Gasteiger partial charge in [0.15, 0.2) is 17.4 Å². The lowest BCUT2D eigenvalue weighted by atomic mass is 10.0. The minimum Gasteiger partial charge on any atom is -0.451 e. The number of anilines is 2. The number of carbonyl (C=O) groups excluding carboxylic acids is 2. The van der Waals surface area contributed by atoms with Crippen molar-refractivity contribution in [1.82, 2.24) is 4.98 Å². The maximum Gasteiger partial charge on any atom is 0.358 e. The van der Waals surface area contributed by atoms with Gasteiger partial charge in [0.25, 0.3) is 5.91 Å². The zero-order chi connectivity index (χ0) is 20.6. The number of amides is 1. The van der Waals surface area contributed by atoms with Crippen LogP contribution in [0.2, 0.25) is 0 Å². The predicted octanol–water partition coefficient (Wildman–Crippen LogP) is 4.67. The molecule has 1 aromatic heterocycles. The fraction of sp³-hybridized carbons (Fsp3) is 0.227. The van der Waals surface area contributed by atoms with E-state index in [-0.39, 0.29) is 12.3 Å². The molecule has 2 aromatic carbocycles. The van der Waals surface area contributed by atoms with Gasteiger partial charge in [-0.1, -0.05) is 56.3 Å². The van der Waals surface area contributed by atoms with E-state index < -0.39 is 11.9 Å². The van der Waals surface area contributed by atoms with E-state index in [1.807, 2.05) is 54.6 Å². The highest BCUT2D eigenvalue weighted by molar-refractivity contribution is 7.13. The average Bonchev–Trinajstić information content (AvgIpc) is 3.21. The zero-order valence-electron chi connectivity index (χ0n) is 16.3. The molecule has 0 aliphatic carbocycles. The van der Waals surface area contributed by atoms with Crippen molar-refractivity contribution in [2.24, 2.45) is 0 Å². The molecule has 0 spiro atoms. The highest BCUT2D eigenvalue weighted by Crippen LogP contribution is 2.18. The molecular formula is C22H23N3O3S. The van der Waals surface area contributed by atoms with Crippen LogP contribution in [0.4, 0.5) is 10.8 Å². The first kappa shape index (κ1) is 20.5. The number of aromatic nitrogens is 1. The molecule has 1 amide bonds. The molecule has 0 aliphatic rings. The molecule has 0 atom stereocenters. The number of ether oxygens (including phenoxy) is 1. The van der Waals surface area contributed by atoms with Gasteiger partial charge in [0.1, 0.15) is 0 Å². The Labute approximate surface area is 173 Å². The number of hydrogen-bond donors (Lipinski definition) is 2. The molecule has 29 heavy (non-hydrogen) atoms. The number of benzene rings is 2. The molecule has 0 saturated carbocycles. The summed E-state index contributed by atoms with van der Waals surface area (Å²) in [6, 6.07) is 17.5. The van der Waals surface area contributed by atoms with Crippen LogP contribution in [0.5, 0.6) is 0 Å². The van der Waals surface area contributed by atoms with Crippen LogP contribution < -0.4 is 10.6 Å². The Morgan fingerprint density at radius 1 is 1.07 bits per heavy atom. The second-order valence-electron chi connectivity index (χ2n) is 6.78. The highest BCUT2D eigenvalue weighted by atomic mass is 32.1. The molecule has 3 aromatic rings. The molecular weight excluding hydrogens is 386 g/mol. The van der Waals surface area contributed by atoms with Crippen LogP contribution in [-0.4, -0.2) is 23.5 Å². The van der Waals surface area contributed by atoms with Gasteiger partial charge in [0, 0.05) is 17.6 Å². The van der Waals surface area contributed by atoms with E-state index in [2.05, 4.69) is 29.5 Å². The van der Waals surface area contributed by atoms with Gasteiger partial charge < -0.3 is 15.4 Å². The molecule has 1 heterocycles. The van der Waals surface area contributed by atoms with Crippen LogP contribution in [0.3, 0.4) is 0 Å². The number of carbonyl (C=O) groups is 2. The largest absolute Gasteiger partial charge is 0.451 e. The van der Waals surface area contributed by atoms with Crippen LogP contribution >= 0.6 is 11.3 Å². The Bertz CT molecular complexity index is 953. The highest BCUT2D eigenvalue weighted by Gasteiger charge is 2.14. The van der Waals surface area contributed by atoms with E-state index in [0.717, 1.165) is 5.56 Å². The number of nitrogens with one attached hydrogen (secondary N) is 2. The summed E-state index contributed by atoms with van der Waals surface area (Å²) in [5.74, 6) is -0.599. The second kappa shape index (κ2) is 9.84. The first-order chi connectivity index (χ1) is 14.0. The topological polar surface area (TPSA) is 80.3 Å². The normalized spacial score (nSPS) is 10.6. The standard InChI is InChI=1S/C22H23N3O3S/c1-15(2)17-8-10-18(11-9-17)24-20(26)13-28-21(27)19-14-29-22(25-19)23-12-16-6-4-3-5-7-16/h3-11,14-15H,12-13H2,1-2H3,(H,23,25)(H,24,26). The van der Waals surface area contributed by atoms with Gasteiger partial charge in [-0.25, -0.2) is 9.78 Å².